The number of hydrogen-bond donors (Lipinski definition) is 3. The molecule has 0 aromatic carbocycles. The number of furan rings is 1. The van der Waals surface area contributed by atoms with Crippen LogP contribution in [0.5, 0.6) is 0 Å². The Morgan fingerprint density at radius 3 is 2.36 bits per heavy atom. The molecular weight excluding hydrogens is 318 g/mol. The van der Waals surface area contributed by atoms with Gasteiger partial charge in [0.25, 0.3) is 0 Å². The molecule has 5 rings (SSSR count). The van der Waals surface area contributed by atoms with Crippen LogP contribution in [0.1, 0.15) is 50.7 Å². The fourth-order valence-corrected chi connectivity index (χ4v) is 5.53. The third kappa shape index (κ3) is 3.83. The highest BCUT2D eigenvalue weighted by Gasteiger charge is 2.51. The minimum Gasteiger partial charge on any atom is -0.467 e. The first kappa shape index (κ1) is 16.5. The van der Waals surface area contributed by atoms with Crippen molar-refractivity contribution in [1.82, 2.24) is 16.0 Å². The third-order valence-electron chi connectivity index (χ3n) is 6.09. The third-order valence-corrected chi connectivity index (χ3v) is 6.09. The van der Waals surface area contributed by atoms with Crippen molar-refractivity contribution >= 4 is 11.9 Å². The van der Waals surface area contributed by atoms with Crippen LogP contribution in [0.2, 0.25) is 0 Å². The Bertz CT molecular complexity index is 591. The minimum atomic E-state index is -0.124. The topological polar surface area (TPSA) is 83.4 Å². The zero-order valence-electron chi connectivity index (χ0n) is 14.6. The van der Waals surface area contributed by atoms with Gasteiger partial charge in [0, 0.05) is 18.5 Å². The molecule has 1 heterocycles. The molecule has 136 valence electrons. The summed E-state index contributed by atoms with van der Waals surface area (Å²) in [5, 5.41) is 8.88. The molecule has 4 saturated carbocycles. The van der Waals surface area contributed by atoms with Crippen LogP contribution in [0, 0.1) is 17.8 Å². The first-order valence-corrected chi connectivity index (χ1v) is 9.45. The molecule has 0 atom stereocenters. The number of rotatable bonds is 6. The molecule has 0 spiro atoms. The summed E-state index contributed by atoms with van der Waals surface area (Å²) in [6.45, 7) is 0.730. The van der Waals surface area contributed by atoms with E-state index in [0.29, 0.717) is 13.1 Å². The van der Waals surface area contributed by atoms with Gasteiger partial charge in [-0.15, -0.1) is 0 Å². The molecule has 6 heteroatoms. The fourth-order valence-electron chi connectivity index (χ4n) is 5.53. The van der Waals surface area contributed by atoms with E-state index < -0.39 is 0 Å². The Kier molecular flexibility index (Phi) is 4.44. The summed E-state index contributed by atoms with van der Waals surface area (Å²) in [6, 6.07) is 3.48. The van der Waals surface area contributed by atoms with E-state index in [1.165, 1.54) is 19.3 Å². The van der Waals surface area contributed by atoms with Gasteiger partial charge in [0.2, 0.25) is 5.91 Å². The van der Waals surface area contributed by atoms with E-state index in [-0.39, 0.29) is 23.9 Å². The summed E-state index contributed by atoms with van der Waals surface area (Å²) in [5.74, 6) is 3.05. The Morgan fingerprint density at radius 1 is 1.08 bits per heavy atom. The van der Waals surface area contributed by atoms with Gasteiger partial charge in [-0.3, -0.25) is 4.79 Å². The summed E-state index contributed by atoms with van der Waals surface area (Å²) in [6.07, 6.45) is 9.34. The van der Waals surface area contributed by atoms with Gasteiger partial charge in [-0.1, -0.05) is 0 Å². The molecule has 6 nitrogen and oxygen atoms in total. The lowest BCUT2D eigenvalue weighted by molar-refractivity contribution is -0.121. The average molecular weight is 345 g/mol. The molecule has 0 aliphatic heterocycles. The van der Waals surface area contributed by atoms with E-state index in [1.54, 1.807) is 12.3 Å². The van der Waals surface area contributed by atoms with Crippen molar-refractivity contribution in [3.63, 3.8) is 0 Å². The maximum Gasteiger partial charge on any atom is 0.315 e. The normalized spacial score (nSPS) is 32.4. The summed E-state index contributed by atoms with van der Waals surface area (Å²) in [5.41, 5.74) is 0.0143. The van der Waals surface area contributed by atoms with E-state index in [0.717, 1.165) is 42.8 Å². The van der Waals surface area contributed by atoms with Crippen LogP contribution in [0.3, 0.4) is 0 Å². The van der Waals surface area contributed by atoms with Gasteiger partial charge in [0.1, 0.15) is 5.76 Å². The van der Waals surface area contributed by atoms with E-state index in [1.807, 2.05) is 6.07 Å². The highest BCUT2D eigenvalue weighted by Crippen LogP contribution is 2.55. The van der Waals surface area contributed by atoms with Crippen molar-refractivity contribution < 1.29 is 14.0 Å². The van der Waals surface area contributed by atoms with Gasteiger partial charge in [-0.05, 0) is 68.4 Å². The van der Waals surface area contributed by atoms with Crippen LogP contribution in [-0.2, 0) is 11.3 Å². The van der Waals surface area contributed by atoms with Gasteiger partial charge in [0.05, 0.1) is 12.8 Å². The number of urea groups is 1. The second kappa shape index (κ2) is 6.73. The molecule has 0 radical (unpaired) electrons. The molecule has 4 bridgehead atoms. The Morgan fingerprint density at radius 2 is 1.76 bits per heavy atom. The molecule has 3 amide bonds. The lowest BCUT2D eigenvalue weighted by Crippen LogP contribution is -2.61. The summed E-state index contributed by atoms with van der Waals surface area (Å²) >= 11 is 0. The Balaban J connectivity index is 1.18. The molecule has 4 aliphatic rings. The second-order valence-corrected chi connectivity index (χ2v) is 8.18. The van der Waals surface area contributed by atoms with Crippen molar-refractivity contribution in [2.45, 2.75) is 57.0 Å². The zero-order chi connectivity index (χ0) is 17.3. The number of amides is 3. The number of hydrogen-bond acceptors (Lipinski definition) is 3. The van der Waals surface area contributed by atoms with Gasteiger partial charge < -0.3 is 20.4 Å². The Hall–Kier alpha value is -1.98. The van der Waals surface area contributed by atoms with E-state index in [2.05, 4.69) is 16.0 Å². The lowest BCUT2D eigenvalue weighted by Gasteiger charge is -2.56. The average Bonchev–Trinajstić information content (AvgIpc) is 3.04. The first-order valence-electron chi connectivity index (χ1n) is 9.45. The maximum atomic E-state index is 12.3. The molecule has 1 aromatic heterocycles. The van der Waals surface area contributed by atoms with E-state index in [9.17, 15) is 9.59 Å². The number of nitrogens with one attached hydrogen (secondary N) is 3. The van der Waals surface area contributed by atoms with Crippen LogP contribution < -0.4 is 16.0 Å². The smallest absolute Gasteiger partial charge is 0.315 e. The molecule has 25 heavy (non-hydrogen) atoms. The first-order chi connectivity index (χ1) is 12.1. The van der Waals surface area contributed by atoms with Crippen LogP contribution in [0.4, 0.5) is 4.79 Å². The monoisotopic (exact) mass is 345 g/mol. The highest BCUT2D eigenvalue weighted by molar-refractivity contribution is 5.78. The van der Waals surface area contributed by atoms with Gasteiger partial charge in [-0.25, -0.2) is 4.79 Å². The molecular formula is C19H27N3O3. The number of carbonyl (C=O) groups is 2. The molecule has 0 unspecified atom stereocenters. The summed E-state index contributed by atoms with van der Waals surface area (Å²) < 4.78 is 5.17. The standard InChI is InChI=1S/C19H27N3O3/c23-17(21-12-16-2-1-5-25-16)3-4-20-18(24)22-19-9-13-6-14(10-19)8-15(7-13)11-19/h1-2,5,13-15H,3-4,6-12H2,(H,21,23)(H2,20,22,24). The van der Waals surface area contributed by atoms with Crippen molar-refractivity contribution in [1.29, 1.82) is 0 Å². The van der Waals surface area contributed by atoms with Crippen molar-refractivity contribution in [2.24, 2.45) is 17.8 Å². The minimum absolute atomic E-state index is 0.0143. The second-order valence-electron chi connectivity index (χ2n) is 8.18. The van der Waals surface area contributed by atoms with Gasteiger partial charge in [-0.2, -0.15) is 0 Å². The number of carbonyl (C=O) groups excluding carboxylic acids is 2. The highest BCUT2D eigenvalue weighted by atomic mass is 16.3. The maximum absolute atomic E-state index is 12.3. The van der Waals surface area contributed by atoms with E-state index >= 15 is 0 Å². The van der Waals surface area contributed by atoms with E-state index in [4.69, 9.17) is 4.42 Å². The van der Waals surface area contributed by atoms with Crippen molar-refractivity contribution in [2.75, 3.05) is 6.54 Å². The van der Waals surface area contributed by atoms with Crippen LogP contribution >= 0.6 is 0 Å². The van der Waals surface area contributed by atoms with Crippen LogP contribution in [0.25, 0.3) is 0 Å². The van der Waals surface area contributed by atoms with Gasteiger partial charge >= 0.3 is 6.03 Å². The fraction of sp³-hybridized carbons (Fsp3) is 0.684. The van der Waals surface area contributed by atoms with Crippen LogP contribution in [0.15, 0.2) is 22.8 Å². The molecule has 0 saturated heterocycles. The molecule has 4 aliphatic carbocycles. The quantitative estimate of drug-likeness (QED) is 0.741. The van der Waals surface area contributed by atoms with Gasteiger partial charge in [0.15, 0.2) is 0 Å². The Labute approximate surface area is 148 Å². The van der Waals surface area contributed by atoms with Crippen molar-refractivity contribution in [3.05, 3.63) is 24.2 Å². The van der Waals surface area contributed by atoms with Crippen molar-refractivity contribution in [3.8, 4) is 0 Å². The largest absolute Gasteiger partial charge is 0.467 e. The lowest BCUT2D eigenvalue weighted by atomic mass is 9.53. The molecule has 1 aromatic rings. The predicted molar refractivity (Wildman–Crippen MR) is 92.6 cm³/mol. The summed E-state index contributed by atoms with van der Waals surface area (Å²) in [4.78, 5) is 24.1. The zero-order valence-corrected chi connectivity index (χ0v) is 14.6. The summed E-state index contributed by atoms with van der Waals surface area (Å²) in [7, 11) is 0. The van der Waals surface area contributed by atoms with Crippen LogP contribution in [-0.4, -0.2) is 24.0 Å². The predicted octanol–water partition coefficient (Wildman–Crippen LogP) is 2.55. The molecule has 3 N–H and O–H groups in total. The molecule has 4 fully saturated rings. The SMILES string of the molecule is O=C(CCNC(=O)NC12CC3CC(CC(C3)C1)C2)NCc1ccco1.